The summed E-state index contributed by atoms with van der Waals surface area (Å²) in [5.74, 6) is -0.441. The van der Waals surface area contributed by atoms with Crippen LogP contribution in [0.15, 0.2) is 24.5 Å². The topological polar surface area (TPSA) is 106 Å². The summed E-state index contributed by atoms with van der Waals surface area (Å²) < 4.78 is 5.05. The third-order valence-electron chi connectivity index (χ3n) is 3.71. The van der Waals surface area contributed by atoms with Gasteiger partial charge in [-0.25, -0.2) is 9.59 Å². The zero-order valence-corrected chi connectivity index (χ0v) is 15.0. The Kier molecular flexibility index (Phi) is 11.0. The number of rotatable bonds is 12. The predicted molar refractivity (Wildman–Crippen MR) is 97.0 cm³/mol. The van der Waals surface area contributed by atoms with Crippen LogP contribution in [-0.4, -0.2) is 42.7 Å². The van der Waals surface area contributed by atoms with Gasteiger partial charge in [0.25, 0.3) is 0 Å². The van der Waals surface area contributed by atoms with Crippen molar-refractivity contribution in [1.82, 2.24) is 15.6 Å². The zero-order chi connectivity index (χ0) is 18.3. The van der Waals surface area contributed by atoms with Crippen LogP contribution in [0.5, 0.6) is 0 Å². The number of nitrogens with zero attached hydrogens (tertiary/aromatic N) is 1. The number of aromatic nitrogens is 1. The summed E-state index contributed by atoms with van der Waals surface area (Å²) >= 11 is 0. The number of nitrogens with one attached hydrogen (secondary N) is 2. The average molecular weight is 350 g/mol. The molecule has 140 valence electrons. The van der Waals surface area contributed by atoms with Crippen LogP contribution >= 0.6 is 0 Å². The third-order valence-corrected chi connectivity index (χ3v) is 3.71. The summed E-state index contributed by atoms with van der Waals surface area (Å²) in [6.07, 6.45) is 8.93. The lowest BCUT2D eigenvalue weighted by Crippen LogP contribution is -2.48. The molecule has 7 heteroatoms. The van der Waals surface area contributed by atoms with Crippen molar-refractivity contribution in [3.05, 3.63) is 30.1 Å². The molecule has 0 radical (unpaired) electrons. The third kappa shape index (κ3) is 9.66. The van der Waals surface area contributed by atoms with Crippen molar-refractivity contribution in [2.24, 2.45) is 5.73 Å². The van der Waals surface area contributed by atoms with E-state index in [1.165, 1.54) is 0 Å². The molecule has 0 saturated heterocycles. The molecule has 2 amide bonds. The van der Waals surface area contributed by atoms with Gasteiger partial charge in [-0.05, 0) is 37.9 Å². The molecule has 0 bridgehead atoms. The van der Waals surface area contributed by atoms with E-state index in [0.29, 0.717) is 13.0 Å². The van der Waals surface area contributed by atoms with Crippen LogP contribution in [0.25, 0.3) is 0 Å². The summed E-state index contributed by atoms with van der Waals surface area (Å²) in [5.41, 5.74) is 6.31. The van der Waals surface area contributed by atoms with E-state index >= 15 is 0 Å². The Morgan fingerprint density at radius 3 is 2.68 bits per heavy atom. The fourth-order valence-electron chi connectivity index (χ4n) is 2.40. The van der Waals surface area contributed by atoms with Gasteiger partial charge in [-0.2, -0.15) is 0 Å². The first-order valence-corrected chi connectivity index (χ1v) is 8.97. The SMILES string of the molecule is CCOC(=O)C(Cc1cccnc1)NC(=O)NCCCCCCCN. The van der Waals surface area contributed by atoms with Crippen molar-refractivity contribution in [1.29, 1.82) is 0 Å². The number of carbonyl (C=O) groups is 2. The molecule has 7 nitrogen and oxygen atoms in total. The molecule has 1 atom stereocenters. The van der Waals surface area contributed by atoms with E-state index < -0.39 is 12.0 Å². The molecule has 0 fully saturated rings. The monoisotopic (exact) mass is 350 g/mol. The van der Waals surface area contributed by atoms with Crippen LogP contribution in [0.3, 0.4) is 0 Å². The van der Waals surface area contributed by atoms with Crippen molar-refractivity contribution in [3.63, 3.8) is 0 Å². The van der Waals surface area contributed by atoms with Gasteiger partial charge in [0.15, 0.2) is 0 Å². The number of pyridine rings is 1. The van der Waals surface area contributed by atoms with Crippen molar-refractivity contribution in [3.8, 4) is 0 Å². The smallest absolute Gasteiger partial charge is 0.329 e. The minimum absolute atomic E-state index is 0.272. The van der Waals surface area contributed by atoms with E-state index in [0.717, 1.165) is 44.2 Å². The highest BCUT2D eigenvalue weighted by atomic mass is 16.5. The number of urea groups is 1. The maximum atomic E-state index is 12.1. The van der Waals surface area contributed by atoms with Gasteiger partial charge in [-0.3, -0.25) is 4.98 Å². The first-order valence-electron chi connectivity index (χ1n) is 8.97. The van der Waals surface area contributed by atoms with Gasteiger partial charge in [0.2, 0.25) is 0 Å². The molecule has 0 aliphatic heterocycles. The van der Waals surface area contributed by atoms with Gasteiger partial charge in [-0.15, -0.1) is 0 Å². The van der Waals surface area contributed by atoms with Gasteiger partial charge < -0.3 is 21.1 Å². The average Bonchev–Trinajstić information content (AvgIpc) is 2.61. The zero-order valence-electron chi connectivity index (χ0n) is 15.0. The molecular weight excluding hydrogens is 320 g/mol. The molecule has 1 aromatic rings. The van der Waals surface area contributed by atoms with E-state index in [2.05, 4.69) is 15.6 Å². The second-order valence-electron chi connectivity index (χ2n) is 5.83. The normalized spacial score (nSPS) is 11.6. The summed E-state index contributed by atoms with van der Waals surface area (Å²) in [6.45, 7) is 3.32. The van der Waals surface area contributed by atoms with Crippen molar-refractivity contribution in [2.45, 2.75) is 51.5 Å². The van der Waals surface area contributed by atoms with E-state index in [1.807, 2.05) is 6.07 Å². The molecule has 0 aromatic carbocycles. The van der Waals surface area contributed by atoms with Crippen molar-refractivity contribution in [2.75, 3.05) is 19.7 Å². The molecule has 1 unspecified atom stereocenters. The van der Waals surface area contributed by atoms with Crippen LogP contribution < -0.4 is 16.4 Å². The number of carbonyl (C=O) groups excluding carboxylic acids is 2. The number of nitrogens with two attached hydrogens (primary N) is 1. The van der Waals surface area contributed by atoms with E-state index in [4.69, 9.17) is 10.5 Å². The Hall–Kier alpha value is -2.15. The summed E-state index contributed by atoms with van der Waals surface area (Å²) in [4.78, 5) is 28.1. The molecule has 0 aliphatic carbocycles. The first kappa shape index (κ1) is 20.9. The Balaban J connectivity index is 2.37. The van der Waals surface area contributed by atoms with E-state index in [-0.39, 0.29) is 12.6 Å². The lowest BCUT2D eigenvalue weighted by atomic mass is 10.1. The summed E-state index contributed by atoms with van der Waals surface area (Å²) in [5, 5.41) is 5.48. The molecule has 0 aliphatic rings. The van der Waals surface area contributed by atoms with Crippen molar-refractivity contribution >= 4 is 12.0 Å². The van der Waals surface area contributed by atoms with Crippen molar-refractivity contribution < 1.29 is 14.3 Å². The highest BCUT2D eigenvalue weighted by molar-refractivity contribution is 5.83. The Morgan fingerprint density at radius 2 is 2.00 bits per heavy atom. The van der Waals surface area contributed by atoms with Gasteiger partial charge in [0, 0.05) is 25.4 Å². The molecular formula is C18H30N4O3. The molecule has 0 spiro atoms. The predicted octanol–water partition coefficient (Wildman–Crippen LogP) is 1.76. The number of ether oxygens (including phenoxy) is 1. The van der Waals surface area contributed by atoms with Gasteiger partial charge in [0.05, 0.1) is 6.61 Å². The lowest BCUT2D eigenvalue weighted by Gasteiger charge is -2.17. The number of hydrogen-bond donors (Lipinski definition) is 3. The van der Waals surface area contributed by atoms with Crippen LogP contribution in [0, 0.1) is 0 Å². The number of hydrogen-bond acceptors (Lipinski definition) is 5. The first-order chi connectivity index (χ1) is 12.2. The summed E-state index contributed by atoms with van der Waals surface area (Å²) in [6, 6.07) is 2.57. The second-order valence-corrected chi connectivity index (χ2v) is 5.83. The summed E-state index contributed by atoms with van der Waals surface area (Å²) in [7, 11) is 0. The van der Waals surface area contributed by atoms with Crippen LogP contribution in [0.2, 0.25) is 0 Å². The quantitative estimate of drug-likeness (QED) is 0.393. The van der Waals surface area contributed by atoms with E-state index in [1.54, 1.807) is 25.4 Å². The van der Waals surface area contributed by atoms with Crippen LogP contribution in [0.1, 0.15) is 44.6 Å². The molecule has 1 rings (SSSR count). The van der Waals surface area contributed by atoms with E-state index in [9.17, 15) is 9.59 Å². The number of unbranched alkanes of at least 4 members (excludes halogenated alkanes) is 4. The van der Waals surface area contributed by atoms with Gasteiger partial charge in [-0.1, -0.05) is 25.3 Å². The minimum Gasteiger partial charge on any atom is -0.464 e. The van der Waals surface area contributed by atoms with Crippen LogP contribution in [0.4, 0.5) is 4.79 Å². The fraction of sp³-hybridized carbons (Fsp3) is 0.611. The lowest BCUT2D eigenvalue weighted by molar-refractivity contribution is -0.145. The standard InChI is InChI=1S/C18H30N4O3/c1-2-25-17(23)16(13-15-9-8-11-20-14-15)22-18(24)21-12-7-5-3-4-6-10-19/h8-9,11,14,16H,2-7,10,12-13,19H2,1H3,(H2,21,22,24). The Morgan fingerprint density at radius 1 is 1.24 bits per heavy atom. The maximum Gasteiger partial charge on any atom is 0.329 e. The van der Waals surface area contributed by atoms with Crippen LogP contribution in [-0.2, 0) is 16.0 Å². The Labute approximate surface area is 149 Å². The van der Waals surface area contributed by atoms with Gasteiger partial charge >= 0.3 is 12.0 Å². The molecule has 0 saturated carbocycles. The molecule has 1 aromatic heterocycles. The molecule has 4 N–H and O–H groups in total. The Bertz CT molecular complexity index is 496. The number of esters is 1. The molecule has 1 heterocycles. The maximum absolute atomic E-state index is 12.1. The number of amides is 2. The fourth-order valence-corrected chi connectivity index (χ4v) is 2.40. The largest absolute Gasteiger partial charge is 0.464 e. The highest BCUT2D eigenvalue weighted by Gasteiger charge is 2.22. The second kappa shape index (κ2) is 13.2. The minimum atomic E-state index is -0.728. The molecule has 25 heavy (non-hydrogen) atoms. The highest BCUT2D eigenvalue weighted by Crippen LogP contribution is 2.04. The van der Waals surface area contributed by atoms with Gasteiger partial charge in [0.1, 0.15) is 6.04 Å².